The van der Waals surface area contributed by atoms with E-state index >= 15 is 0 Å². The number of hydrogen-bond donors (Lipinski definition) is 0. The Morgan fingerprint density at radius 1 is 1.24 bits per heavy atom. The van der Waals surface area contributed by atoms with Crippen molar-refractivity contribution in [2.75, 3.05) is 0 Å². The fraction of sp³-hybridized carbons (Fsp3) is 0.188. The highest BCUT2D eigenvalue weighted by atomic mass is 32.1. The molecule has 0 fully saturated rings. The second-order valence-corrected chi connectivity index (χ2v) is 6.40. The highest BCUT2D eigenvalue weighted by Gasteiger charge is 2.16. The van der Waals surface area contributed by atoms with Crippen LogP contribution in [0.25, 0.3) is 27.1 Å². The van der Waals surface area contributed by atoms with E-state index < -0.39 is 4.92 Å². The first-order valence-electron chi connectivity index (χ1n) is 7.72. The van der Waals surface area contributed by atoms with Crippen LogP contribution in [0.15, 0.2) is 40.8 Å². The topological polar surface area (TPSA) is 99.4 Å². The van der Waals surface area contributed by atoms with Crippen LogP contribution in [0.1, 0.15) is 19.2 Å². The van der Waals surface area contributed by atoms with Crippen molar-refractivity contribution >= 4 is 22.0 Å². The maximum absolute atomic E-state index is 10.9. The zero-order valence-electron chi connectivity index (χ0n) is 13.2. The average molecular weight is 355 g/mol. The first-order valence-corrected chi connectivity index (χ1v) is 8.53. The van der Waals surface area contributed by atoms with E-state index in [1.807, 2.05) is 0 Å². The molecule has 3 heterocycles. The number of furan rings is 1. The normalized spacial score (nSPS) is 11.2. The molecule has 4 aromatic rings. The average Bonchev–Trinajstić information content (AvgIpc) is 3.31. The van der Waals surface area contributed by atoms with Gasteiger partial charge in [0.15, 0.2) is 16.6 Å². The Balaban J connectivity index is 1.69. The second-order valence-electron chi connectivity index (χ2n) is 5.44. The minimum atomic E-state index is -0.425. The van der Waals surface area contributed by atoms with Crippen molar-refractivity contribution in [1.82, 2.24) is 19.8 Å². The van der Waals surface area contributed by atoms with Gasteiger partial charge in [-0.1, -0.05) is 30.4 Å². The molecule has 0 radical (unpaired) electrons. The van der Waals surface area contributed by atoms with Crippen molar-refractivity contribution in [3.8, 4) is 22.1 Å². The van der Waals surface area contributed by atoms with Crippen LogP contribution in [-0.2, 0) is 6.42 Å². The quantitative estimate of drug-likeness (QED) is 0.397. The molecule has 4 rings (SSSR count). The zero-order valence-corrected chi connectivity index (χ0v) is 14.1. The van der Waals surface area contributed by atoms with Crippen LogP contribution in [-0.4, -0.2) is 24.7 Å². The Bertz CT molecular complexity index is 1060. The van der Waals surface area contributed by atoms with Crippen molar-refractivity contribution in [3.63, 3.8) is 0 Å². The smallest absolute Gasteiger partial charge is 0.270 e. The monoisotopic (exact) mass is 355 g/mol. The molecule has 1 aromatic carbocycles. The van der Waals surface area contributed by atoms with Gasteiger partial charge < -0.3 is 4.42 Å². The van der Waals surface area contributed by atoms with E-state index in [0.29, 0.717) is 27.1 Å². The number of aryl methyl sites for hydroxylation is 1. The van der Waals surface area contributed by atoms with Gasteiger partial charge >= 0.3 is 0 Å². The van der Waals surface area contributed by atoms with Gasteiger partial charge in [0.1, 0.15) is 5.76 Å². The summed E-state index contributed by atoms with van der Waals surface area (Å²) < 4.78 is 7.59. The van der Waals surface area contributed by atoms with Crippen LogP contribution < -0.4 is 0 Å². The third-order valence-corrected chi connectivity index (χ3v) is 4.60. The summed E-state index contributed by atoms with van der Waals surface area (Å²) in [6.07, 6.45) is 1.77. The van der Waals surface area contributed by atoms with Crippen LogP contribution in [0.4, 0.5) is 5.69 Å². The number of nitro benzene ring substituents is 1. The Labute approximate surface area is 145 Å². The van der Waals surface area contributed by atoms with Gasteiger partial charge in [-0.25, -0.2) is 0 Å². The minimum absolute atomic E-state index is 0.0263. The van der Waals surface area contributed by atoms with Gasteiger partial charge in [0.05, 0.1) is 4.92 Å². The lowest BCUT2D eigenvalue weighted by Crippen LogP contribution is -1.94. The van der Waals surface area contributed by atoms with Gasteiger partial charge in [-0.05, 0) is 18.6 Å². The summed E-state index contributed by atoms with van der Waals surface area (Å²) in [6.45, 7) is 2.08. The number of aromatic nitrogens is 4. The van der Waals surface area contributed by atoms with E-state index in [1.165, 1.54) is 23.5 Å². The summed E-state index contributed by atoms with van der Waals surface area (Å²) in [5, 5.41) is 24.4. The molecule has 3 aromatic heterocycles. The molecule has 0 saturated carbocycles. The van der Waals surface area contributed by atoms with Gasteiger partial charge in [-0.3, -0.25) is 10.1 Å². The summed E-state index contributed by atoms with van der Waals surface area (Å²) in [5.41, 5.74) is 0.675. The number of benzene rings is 1. The van der Waals surface area contributed by atoms with Crippen molar-refractivity contribution in [2.24, 2.45) is 0 Å². The molecular formula is C16H13N5O3S. The number of fused-ring (bicyclic) bond motifs is 1. The molecule has 0 saturated heterocycles. The van der Waals surface area contributed by atoms with E-state index in [9.17, 15) is 10.1 Å². The maximum atomic E-state index is 10.9. The highest BCUT2D eigenvalue weighted by Crippen LogP contribution is 2.32. The first kappa shape index (κ1) is 15.5. The van der Waals surface area contributed by atoms with Crippen LogP contribution in [0.2, 0.25) is 0 Å². The third kappa shape index (κ3) is 2.78. The zero-order chi connectivity index (χ0) is 17.4. The maximum Gasteiger partial charge on any atom is 0.270 e. The number of hydrogen-bond acceptors (Lipinski definition) is 7. The Kier molecular flexibility index (Phi) is 3.77. The van der Waals surface area contributed by atoms with Crippen molar-refractivity contribution in [2.45, 2.75) is 19.8 Å². The molecule has 0 atom stereocenters. The van der Waals surface area contributed by atoms with Crippen LogP contribution in [0.3, 0.4) is 0 Å². The molecule has 0 unspecified atom stereocenters. The van der Waals surface area contributed by atoms with E-state index in [-0.39, 0.29) is 5.69 Å². The fourth-order valence-corrected chi connectivity index (χ4v) is 3.34. The summed E-state index contributed by atoms with van der Waals surface area (Å²) in [6, 6.07) is 9.93. The lowest BCUT2D eigenvalue weighted by Gasteiger charge is -1.97. The molecule has 0 amide bonds. The second kappa shape index (κ2) is 6.10. The number of rotatable bonds is 5. The molecule has 8 nitrogen and oxygen atoms in total. The van der Waals surface area contributed by atoms with Crippen molar-refractivity contribution < 1.29 is 9.34 Å². The number of nitro groups is 1. The Hall–Kier alpha value is -3.07. The standard InChI is InChI=1S/C16H13N5O3S/c1-2-4-14-17-18-16-20(14)19-15(25-16)13-8-7-12(24-13)10-5-3-6-11(9-10)21(22)23/h3,5-9H,2,4H2,1H3. The van der Waals surface area contributed by atoms with Crippen LogP contribution in [0.5, 0.6) is 0 Å². The van der Waals surface area contributed by atoms with Crippen LogP contribution >= 0.6 is 11.3 Å². The molecule has 126 valence electrons. The molecule has 0 N–H and O–H groups in total. The summed E-state index contributed by atoms with van der Waals surface area (Å²) in [4.78, 5) is 11.2. The Morgan fingerprint density at radius 3 is 2.88 bits per heavy atom. The molecular weight excluding hydrogens is 342 g/mol. The van der Waals surface area contributed by atoms with Gasteiger partial charge in [0.2, 0.25) is 4.96 Å². The van der Waals surface area contributed by atoms with Crippen LogP contribution in [0, 0.1) is 10.1 Å². The molecule has 9 heteroatoms. The SMILES string of the molecule is CCCc1nnc2sc(-c3ccc(-c4cccc([N+](=O)[O-])c4)o3)nn12. The minimum Gasteiger partial charge on any atom is -0.453 e. The van der Waals surface area contributed by atoms with Gasteiger partial charge in [0, 0.05) is 24.1 Å². The third-order valence-electron chi connectivity index (χ3n) is 3.69. The van der Waals surface area contributed by atoms with Gasteiger partial charge in [0.25, 0.3) is 5.69 Å². The van der Waals surface area contributed by atoms with Gasteiger partial charge in [-0.2, -0.15) is 4.52 Å². The van der Waals surface area contributed by atoms with E-state index in [2.05, 4.69) is 22.2 Å². The van der Waals surface area contributed by atoms with Gasteiger partial charge in [-0.15, -0.1) is 15.3 Å². The summed E-state index contributed by atoms with van der Waals surface area (Å²) in [7, 11) is 0. The molecule has 0 aliphatic carbocycles. The summed E-state index contributed by atoms with van der Waals surface area (Å²) >= 11 is 1.39. The van der Waals surface area contributed by atoms with E-state index in [4.69, 9.17) is 4.42 Å². The fourth-order valence-electron chi connectivity index (χ4n) is 2.52. The largest absolute Gasteiger partial charge is 0.453 e. The lowest BCUT2D eigenvalue weighted by molar-refractivity contribution is -0.384. The number of nitrogens with zero attached hydrogens (tertiary/aromatic N) is 5. The Morgan fingerprint density at radius 2 is 2.08 bits per heavy atom. The molecule has 0 bridgehead atoms. The highest BCUT2D eigenvalue weighted by molar-refractivity contribution is 7.19. The predicted molar refractivity (Wildman–Crippen MR) is 92.4 cm³/mol. The first-order chi connectivity index (χ1) is 12.2. The molecule has 25 heavy (non-hydrogen) atoms. The van der Waals surface area contributed by atoms with Crippen molar-refractivity contribution in [3.05, 3.63) is 52.3 Å². The number of non-ortho nitro benzene ring substituents is 1. The molecule has 0 aliphatic rings. The molecule has 0 aliphatic heterocycles. The van der Waals surface area contributed by atoms with E-state index in [1.54, 1.807) is 28.8 Å². The molecule has 0 spiro atoms. The lowest BCUT2D eigenvalue weighted by atomic mass is 10.1. The summed E-state index contributed by atoms with van der Waals surface area (Å²) in [5.74, 6) is 1.98. The van der Waals surface area contributed by atoms with E-state index in [0.717, 1.165) is 18.7 Å². The van der Waals surface area contributed by atoms with Crippen molar-refractivity contribution in [1.29, 1.82) is 0 Å². The predicted octanol–water partition coefficient (Wildman–Crippen LogP) is 3.97.